The van der Waals surface area contributed by atoms with Gasteiger partial charge >= 0.3 is 0 Å². The molecular formula is C19H18BrN3OS. The van der Waals surface area contributed by atoms with E-state index in [1.54, 1.807) is 7.11 Å². The monoisotopic (exact) mass is 415 g/mol. The second-order valence-electron chi connectivity index (χ2n) is 6.13. The number of nitrogens with zero attached hydrogens (tertiary/aromatic N) is 2. The summed E-state index contributed by atoms with van der Waals surface area (Å²) in [5, 5.41) is 4.30. The maximum absolute atomic E-state index is 5.64. The number of thiocarbonyl (C=S) groups is 1. The second-order valence-corrected chi connectivity index (χ2v) is 7.43. The van der Waals surface area contributed by atoms with E-state index in [2.05, 4.69) is 50.4 Å². The molecule has 1 atom stereocenters. The molecule has 2 heterocycles. The smallest absolute Gasteiger partial charge is 0.175 e. The van der Waals surface area contributed by atoms with Gasteiger partial charge < -0.3 is 15.0 Å². The van der Waals surface area contributed by atoms with Crippen LogP contribution in [0.1, 0.15) is 17.5 Å². The van der Waals surface area contributed by atoms with Crippen LogP contribution in [0.25, 0.3) is 0 Å². The Morgan fingerprint density at radius 2 is 2.00 bits per heavy atom. The van der Waals surface area contributed by atoms with Gasteiger partial charge in [0.2, 0.25) is 0 Å². The molecule has 4 nitrogen and oxygen atoms in total. The number of aliphatic imine (C=N–C) groups is 1. The molecule has 1 fully saturated rings. The molecule has 0 bridgehead atoms. The van der Waals surface area contributed by atoms with E-state index in [1.165, 1.54) is 0 Å². The molecule has 0 spiro atoms. The Morgan fingerprint density at radius 3 is 2.72 bits per heavy atom. The highest BCUT2D eigenvalue weighted by Gasteiger charge is 2.50. The van der Waals surface area contributed by atoms with Gasteiger partial charge in [-0.15, -0.1) is 0 Å². The summed E-state index contributed by atoms with van der Waals surface area (Å²) in [5.74, 6) is 1.81. The molecule has 2 aliphatic rings. The molecule has 6 heteroatoms. The predicted octanol–water partition coefficient (Wildman–Crippen LogP) is 3.69. The highest BCUT2D eigenvalue weighted by molar-refractivity contribution is 9.10. The first kappa shape index (κ1) is 16.5. The topological polar surface area (TPSA) is 36.9 Å². The maximum Gasteiger partial charge on any atom is 0.175 e. The molecular weight excluding hydrogens is 398 g/mol. The minimum Gasteiger partial charge on any atom is -0.497 e. The SMILES string of the molecule is COc1ccc(C2(c3cccc(Br)c3)NC(=S)N3CCCN=C32)cc1. The normalized spacial score (nSPS) is 22.2. The van der Waals surface area contributed by atoms with Crippen LogP contribution in [0.5, 0.6) is 5.75 Å². The number of amidine groups is 1. The first-order valence-corrected chi connectivity index (χ1v) is 9.40. The Kier molecular flexibility index (Phi) is 4.25. The standard InChI is InChI=1S/C19H18BrN3OS/c1-24-16-8-6-13(7-9-16)19(14-4-2-5-15(20)12-14)17-21-10-3-11-23(17)18(25)22-19/h2,4-9,12H,3,10-11H2,1H3,(H,22,25). The maximum atomic E-state index is 5.64. The second kappa shape index (κ2) is 6.42. The minimum atomic E-state index is -0.576. The van der Waals surface area contributed by atoms with Crippen molar-refractivity contribution >= 4 is 39.1 Å². The van der Waals surface area contributed by atoms with Gasteiger partial charge in [-0.05, 0) is 54.0 Å². The highest BCUT2D eigenvalue weighted by Crippen LogP contribution is 2.39. The zero-order valence-corrected chi connectivity index (χ0v) is 16.2. The molecule has 1 saturated heterocycles. The van der Waals surface area contributed by atoms with E-state index in [1.807, 2.05) is 24.3 Å². The number of nitrogens with one attached hydrogen (secondary N) is 1. The van der Waals surface area contributed by atoms with Crippen molar-refractivity contribution in [2.24, 2.45) is 4.99 Å². The van der Waals surface area contributed by atoms with Crippen LogP contribution in [0.3, 0.4) is 0 Å². The van der Waals surface area contributed by atoms with Crippen LogP contribution >= 0.6 is 28.1 Å². The molecule has 2 aromatic carbocycles. The van der Waals surface area contributed by atoms with Gasteiger partial charge in [0.05, 0.1) is 7.11 Å². The quantitative estimate of drug-likeness (QED) is 0.775. The Balaban J connectivity index is 1.95. The van der Waals surface area contributed by atoms with Crippen molar-refractivity contribution < 1.29 is 4.74 Å². The lowest BCUT2D eigenvalue weighted by molar-refractivity contribution is 0.414. The van der Waals surface area contributed by atoms with Crippen molar-refractivity contribution in [1.82, 2.24) is 10.2 Å². The van der Waals surface area contributed by atoms with Crippen molar-refractivity contribution in [3.05, 3.63) is 64.1 Å². The van der Waals surface area contributed by atoms with Crippen molar-refractivity contribution in [2.75, 3.05) is 20.2 Å². The third-order valence-electron chi connectivity index (χ3n) is 4.71. The lowest BCUT2D eigenvalue weighted by atomic mass is 9.82. The summed E-state index contributed by atoms with van der Waals surface area (Å²) in [6.45, 7) is 1.72. The largest absolute Gasteiger partial charge is 0.497 e. The summed E-state index contributed by atoms with van der Waals surface area (Å²) in [6, 6.07) is 16.4. The third-order valence-corrected chi connectivity index (χ3v) is 5.53. The van der Waals surface area contributed by atoms with Crippen LogP contribution in [0.15, 0.2) is 58.0 Å². The summed E-state index contributed by atoms with van der Waals surface area (Å²) in [5.41, 5.74) is 1.63. The Bertz CT molecular complexity index is 852. The molecule has 4 rings (SSSR count). The summed E-state index contributed by atoms with van der Waals surface area (Å²) in [6.07, 6.45) is 1.02. The number of fused-ring (bicyclic) bond motifs is 1. The van der Waals surface area contributed by atoms with Gasteiger partial charge in [-0.2, -0.15) is 0 Å². The van der Waals surface area contributed by atoms with Crippen molar-refractivity contribution in [1.29, 1.82) is 0 Å². The number of benzene rings is 2. The van der Waals surface area contributed by atoms with E-state index in [4.69, 9.17) is 21.9 Å². The van der Waals surface area contributed by atoms with E-state index in [0.29, 0.717) is 0 Å². The fourth-order valence-corrected chi connectivity index (χ4v) is 4.27. The number of hydrogen-bond acceptors (Lipinski definition) is 3. The van der Waals surface area contributed by atoms with Gasteiger partial charge in [0.25, 0.3) is 0 Å². The van der Waals surface area contributed by atoms with Gasteiger partial charge in [-0.3, -0.25) is 4.99 Å². The van der Waals surface area contributed by atoms with E-state index < -0.39 is 5.54 Å². The first-order chi connectivity index (χ1) is 12.1. The van der Waals surface area contributed by atoms with Crippen LogP contribution in [0.4, 0.5) is 0 Å². The van der Waals surface area contributed by atoms with Crippen LogP contribution < -0.4 is 10.1 Å². The van der Waals surface area contributed by atoms with Crippen LogP contribution in [0, 0.1) is 0 Å². The molecule has 25 heavy (non-hydrogen) atoms. The van der Waals surface area contributed by atoms with Gasteiger partial charge in [-0.25, -0.2) is 0 Å². The van der Waals surface area contributed by atoms with Gasteiger partial charge in [-0.1, -0.05) is 40.2 Å². The Hall–Kier alpha value is -1.92. The first-order valence-electron chi connectivity index (χ1n) is 8.20. The summed E-state index contributed by atoms with van der Waals surface area (Å²) < 4.78 is 6.35. The minimum absolute atomic E-state index is 0.576. The zero-order chi connectivity index (χ0) is 17.4. The number of rotatable bonds is 3. The number of methoxy groups -OCH3 is 1. The van der Waals surface area contributed by atoms with Crippen LogP contribution in [-0.2, 0) is 5.54 Å². The molecule has 0 aromatic heterocycles. The molecule has 1 unspecified atom stereocenters. The van der Waals surface area contributed by atoms with E-state index >= 15 is 0 Å². The zero-order valence-electron chi connectivity index (χ0n) is 13.8. The van der Waals surface area contributed by atoms with E-state index in [0.717, 1.165) is 51.8 Å². The molecule has 2 aliphatic heterocycles. The van der Waals surface area contributed by atoms with Crippen molar-refractivity contribution in [2.45, 2.75) is 12.0 Å². The lowest BCUT2D eigenvalue weighted by Crippen LogP contribution is -2.46. The number of hydrogen-bond donors (Lipinski definition) is 1. The van der Waals surface area contributed by atoms with Gasteiger partial charge in [0.15, 0.2) is 5.11 Å². The summed E-state index contributed by atoms with van der Waals surface area (Å²) in [4.78, 5) is 7.00. The van der Waals surface area contributed by atoms with E-state index in [9.17, 15) is 0 Å². The third kappa shape index (κ3) is 2.64. The predicted molar refractivity (Wildman–Crippen MR) is 107 cm³/mol. The molecule has 2 aromatic rings. The summed E-state index contributed by atoms with van der Waals surface area (Å²) in [7, 11) is 1.68. The van der Waals surface area contributed by atoms with Crippen molar-refractivity contribution in [3.8, 4) is 5.75 Å². The highest BCUT2D eigenvalue weighted by atomic mass is 79.9. The average Bonchev–Trinajstić information content (AvgIpc) is 2.96. The number of halogens is 1. The summed E-state index contributed by atoms with van der Waals surface area (Å²) >= 11 is 9.24. The fourth-order valence-electron chi connectivity index (χ4n) is 3.54. The fraction of sp³-hybridized carbons (Fsp3) is 0.263. The molecule has 0 aliphatic carbocycles. The number of ether oxygens (including phenoxy) is 1. The molecule has 0 saturated carbocycles. The Morgan fingerprint density at radius 1 is 1.20 bits per heavy atom. The molecule has 128 valence electrons. The lowest BCUT2D eigenvalue weighted by Gasteiger charge is -2.33. The average molecular weight is 416 g/mol. The van der Waals surface area contributed by atoms with Crippen LogP contribution in [-0.4, -0.2) is 36.0 Å². The molecule has 0 radical (unpaired) electrons. The Labute approximate surface area is 161 Å². The van der Waals surface area contributed by atoms with Crippen LogP contribution in [0.2, 0.25) is 0 Å². The molecule has 1 N–H and O–H groups in total. The van der Waals surface area contributed by atoms with Crippen molar-refractivity contribution in [3.63, 3.8) is 0 Å². The van der Waals surface area contributed by atoms with Gasteiger partial charge in [0, 0.05) is 17.6 Å². The van der Waals surface area contributed by atoms with Gasteiger partial charge in [0.1, 0.15) is 17.1 Å². The van der Waals surface area contributed by atoms with E-state index in [-0.39, 0.29) is 0 Å². The molecule has 0 amide bonds.